The number of thiazole rings is 1. The third-order valence-electron chi connectivity index (χ3n) is 1.28. The maximum absolute atomic E-state index is 11.1. The Labute approximate surface area is 75.3 Å². The molecule has 0 spiro atoms. The minimum atomic E-state index is -0.0107. The van der Waals surface area contributed by atoms with E-state index in [0.717, 1.165) is 4.88 Å². The predicted octanol–water partition coefficient (Wildman–Crippen LogP) is 1.24. The van der Waals surface area contributed by atoms with Crippen LogP contribution in [-0.2, 0) is 4.79 Å². The average molecular weight is 182 g/mol. The van der Waals surface area contributed by atoms with Gasteiger partial charge in [0.1, 0.15) is 0 Å². The second-order valence-corrected chi connectivity index (χ2v) is 3.39. The van der Waals surface area contributed by atoms with E-state index < -0.39 is 0 Å². The van der Waals surface area contributed by atoms with Crippen molar-refractivity contribution in [2.24, 2.45) is 0 Å². The molecule has 1 rings (SSSR count). The minimum absolute atomic E-state index is 0.0107. The van der Waals surface area contributed by atoms with Gasteiger partial charge < -0.3 is 4.90 Å². The number of hydrogen-bond donors (Lipinski definition) is 0. The summed E-state index contributed by atoms with van der Waals surface area (Å²) in [6, 6.07) is 0. The van der Waals surface area contributed by atoms with Gasteiger partial charge in [0, 0.05) is 31.2 Å². The highest BCUT2D eigenvalue weighted by atomic mass is 32.1. The molecule has 0 bridgehead atoms. The Kier molecular flexibility index (Phi) is 2.99. The highest BCUT2D eigenvalue weighted by Gasteiger charge is 1.96. The van der Waals surface area contributed by atoms with Gasteiger partial charge in [0.2, 0.25) is 5.91 Å². The molecule has 0 aliphatic carbocycles. The Balaban J connectivity index is 2.57. The van der Waals surface area contributed by atoms with Crippen LogP contribution < -0.4 is 0 Å². The fourth-order valence-corrected chi connectivity index (χ4v) is 1.12. The number of nitrogens with zero attached hydrogens (tertiary/aromatic N) is 2. The lowest BCUT2D eigenvalue weighted by Crippen LogP contribution is -2.18. The first kappa shape index (κ1) is 8.93. The van der Waals surface area contributed by atoms with Crippen LogP contribution in [0.1, 0.15) is 4.88 Å². The summed E-state index contributed by atoms with van der Waals surface area (Å²) in [6.45, 7) is 0. The average Bonchev–Trinajstić information content (AvgIpc) is 2.51. The summed E-state index contributed by atoms with van der Waals surface area (Å²) in [4.78, 5) is 17.5. The largest absolute Gasteiger partial charge is 0.345 e. The van der Waals surface area contributed by atoms with E-state index in [1.54, 1.807) is 31.9 Å². The van der Waals surface area contributed by atoms with Crippen molar-refractivity contribution in [3.05, 3.63) is 22.7 Å². The van der Waals surface area contributed by atoms with E-state index in [1.165, 1.54) is 22.3 Å². The third kappa shape index (κ3) is 2.47. The van der Waals surface area contributed by atoms with Gasteiger partial charge in [-0.2, -0.15) is 0 Å². The Hall–Kier alpha value is -1.16. The van der Waals surface area contributed by atoms with Gasteiger partial charge >= 0.3 is 0 Å². The molecule has 0 radical (unpaired) electrons. The second kappa shape index (κ2) is 4.01. The Morgan fingerprint density at radius 3 is 2.92 bits per heavy atom. The number of carbonyl (C=O) groups excluding carboxylic acids is 1. The van der Waals surface area contributed by atoms with Crippen molar-refractivity contribution >= 4 is 23.3 Å². The molecule has 1 amide bonds. The van der Waals surface area contributed by atoms with Crippen molar-refractivity contribution in [3.63, 3.8) is 0 Å². The molecule has 0 aromatic carbocycles. The molecule has 0 unspecified atom stereocenters. The van der Waals surface area contributed by atoms with E-state index in [1.807, 2.05) is 0 Å². The van der Waals surface area contributed by atoms with E-state index in [2.05, 4.69) is 4.98 Å². The summed E-state index contributed by atoms with van der Waals surface area (Å²) in [5, 5.41) is 0. The molecular formula is C8H10N2OS. The van der Waals surface area contributed by atoms with E-state index >= 15 is 0 Å². The van der Waals surface area contributed by atoms with Crippen molar-refractivity contribution in [1.29, 1.82) is 0 Å². The Bertz CT molecular complexity index is 277. The molecule has 0 saturated carbocycles. The molecule has 1 aromatic heterocycles. The van der Waals surface area contributed by atoms with Crippen LogP contribution in [0.4, 0.5) is 0 Å². The van der Waals surface area contributed by atoms with Crippen LogP contribution in [0.15, 0.2) is 17.8 Å². The summed E-state index contributed by atoms with van der Waals surface area (Å²) in [6.07, 6.45) is 5.03. The summed E-state index contributed by atoms with van der Waals surface area (Å²) >= 11 is 1.51. The summed E-state index contributed by atoms with van der Waals surface area (Å²) < 4.78 is 0. The maximum atomic E-state index is 11.1. The smallest absolute Gasteiger partial charge is 0.246 e. The summed E-state index contributed by atoms with van der Waals surface area (Å²) in [5.41, 5.74) is 1.74. The van der Waals surface area contributed by atoms with Crippen molar-refractivity contribution in [3.8, 4) is 0 Å². The number of amides is 1. The minimum Gasteiger partial charge on any atom is -0.345 e. The van der Waals surface area contributed by atoms with Gasteiger partial charge in [-0.1, -0.05) is 0 Å². The molecule has 4 heteroatoms. The second-order valence-electron chi connectivity index (χ2n) is 2.47. The molecule has 1 aromatic rings. The topological polar surface area (TPSA) is 33.2 Å². The highest BCUT2D eigenvalue weighted by Crippen LogP contribution is 2.07. The number of likely N-dealkylation sites (N-methyl/N-ethyl adjacent to an activating group) is 1. The van der Waals surface area contributed by atoms with E-state index in [-0.39, 0.29) is 5.91 Å². The van der Waals surface area contributed by atoms with Gasteiger partial charge in [0.05, 0.1) is 5.51 Å². The molecule has 1 heterocycles. The van der Waals surface area contributed by atoms with Crippen molar-refractivity contribution in [2.75, 3.05) is 14.1 Å². The molecule has 0 saturated heterocycles. The first-order valence-corrected chi connectivity index (χ1v) is 4.36. The quantitative estimate of drug-likeness (QED) is 0.645. The number of carbonyl (C=O) groups is 1. The van der Waals surface area contributed by atoms with Gasteiger partial charge in [0.25, 0.3) is 0 Å². The first-order chi connectivity index (χ1) is 5.70. The molecule has 12 heavy (non-hydrogen) atoms. The molecular weight excluding hydrogens is 172 g/mol. The van der Waals surface area contributed by atoms with E-state index in [0.29, 0.717) is 0 Å². The van der Waals surface area contributed by atoms with Gasteiger partial charge in [-0.15, -0.1) is 11.3 Å². The third-order valence-corrected chi connectivity index (χ3v) is 2.02. The maximum Gasteiger partial charge on any atom is 0.246 e. The van der Waals surface area contributed by atoms with Crippen LogP contribution in [0.5, 0.6) is 0 Å². The SMILES string of the molecule is CN(C)C(=O)C=Cc1cncs1. The standard InChI is InChI=1S/C8H10N2OS/c1-10(2)8(11)4-3-7-5-9-6-12-7/h3-6H,1-2H3. The first-order valence-electron chi connectivity index (χ1n) is 3.48. The molecule has 0 N–H and O–H groups in total. The lowest BCUT2D eigenvalue weighted by molar-refractivity contribution is -0.123. The number of aromatic nitrogens is 1. The van der Waals surface area contributed by atoms with Crippen molar-refractivity contribution in [1.82, 2.24) is 9.88 Å². The molecule has 3 nitrogen and oxygen atoms in total. The molecule has 0 aliphatic heterocycles. The zero-order valence-electron chi connectivity index (χ0n) is 7.02. The zero-order chi connectivity index (χ0) is 8.97. The highest BCUT2D eigenvalue weighted by molar-refractivity contribution is 7.10. The molecule has 64 valence electrons. The van der Waals surface area contributed by atoms with Gasteiger partial charge in [-0.25, -0.2) is 0 Å². The normalized spacial score (nSPS) is 10.5. The van der Waals surface area contributed by atoms with E-state index in [9.17, 15) is 4.79 Å². The zero-order valence-corrected chi connectivity index (χ0v) is 7.84. The fourth-order valence-electron chi connectivity index (χ4n) is 0.610. The molecule has 0 fully saturated rings. The van der Waals surface area contributed by atoms with Crippen LogP contribution in [0, 0.1) is 0 Å². The Morgan fingerprint density at radius 2 is 2.42 bits per heavy atom. The lowest BCUT2D eigenvalue weighted by Gasteiger charge is -2.04. The molecule has 0 aliphatic rings. The monoisotopic (exact) mass is 182 g/mol. The van der Waals surface area contributed by atoms with Gasteiger partial charge in [0.15, 0.2) is 0 Å². The van der Waals surface area contributed by atoms with Crippen molar-refractivity contribution in [2.45, 2.75) is 0 Å². The van der Waals surface area contributed by atoms with Crippen LogP contribution in [0.3, 0.4) is 0 Å². The van der Waals surface area contributed by atoms with E-state index in [4.69, 9.17) is 0 Å². The molecule has 0 atom stereocenters. The lowest BCUT2D eigenvalue weighted by atomic mass is 10.4. The van der Waals surface area contributed by atoms with Crippen LogP contribution in [0.25, 0.3) is 6.08 Å². The predicted molar refractivity (Wildman–Crippen MR) is 49.8 cm³/mol. The summed E-state index contributed by atoms with van der Waals surface area (Å²) in [5.74, 6) is -0.0107. The van der Waals surface area contributed by atoms with Gasteiger partial charge in [-0.05, 0) is 6.08 Å². The van der Waals surface area contributed by atoms with Crippen LogP contribution >= 0.6 is 11.3 Å². The summed E-state index contributed by atoms with van der Waals surface area (Å²) in [7, 11) is 3.44. The van der Waals surface area contributed by atoms with Crippen LogP contribution in [0.2, 0.25) is 0 Å². The number of hydrogen-bond acceptors (Lipinski definition) is 3. The Morgan fingerprint density at radius 1 is 1.67 bits per heavy atom. The fraction of sp³-hybridized carbons (Fsp3) is 0.250. The van der Waals surface area contributed by atoms with Crippen molar-refractivity contribution < 1.29 is 4.79 Å². The number of rotatable bonds is 2. The van der Waals surface area contributed by atoms with Crippen LogP contribution in [-0.4, -0.2) is 29.9 Å². The van der Waals surface area contributed by atoms with Gasteiger partial charge in [-0.3, -0.25) is 9.78 Å².